The smallest absolute Gasteiger partial charge is 0.516 e. The molecule has 4 heteroatoms. The van der Waals surface area contributed by atoms with E-state index in [1.165, 1.54) is 37.8 Å². The fourth-order valence-electron chi connectivity index (χ4n) is 2.85. The molecule has 0 amide bonds. The second-order valence-electron chi connectivity index (χ2n) is 5.46. The molecule has 2 rings (SSSR count). The van der Waals surface area contributed by atoms with E-state index in [9.17, 15) is 8.78 Å². The number of benzene rings is 1. The van der Waals surface area contributed by atoms with Crippen LogP contribution in [-0.4, -0.2) is 6.61 Å². The minimum absolute atomic E-state index is 0. The van der Waals surface area contributed by atoms with E-state index in [2.05, 4.69) is 13.0 Å². The van der Waals surface area contributed by atoms with Crippen LogP contribution in [0.1, 0.15) is 45.4 Å². The third-order valence-corrected chi connectivity index (χ3v) is 3.99. The molecule has 1 fully saturated rings. The van der Waals surface area contributed by atoms with Gasteiger partial charge in [0.2, 0.25) is 0 Å². The van der Waals surface area contributed by atoms with Crippen LogP contribution in [0, 0.1) is 29.5 Å². The van der Waals surface area contributed by atoms with Crippen molar-refractivity contribution in [3.8, 4) is 5.75 Å². The molecule has 0 spiro atoms. The van der Waals surface area contributed by atoms with Crippen molar-refractivity contribution < 1.29 is 32.4 Å². The van der Waals surface area contributed by atoms with Crippen molar-refractivity contribution in [1.29, 1.82) is 0 Å². The first kappa shape index (κ1) is 17.5. The van der Waals surface area contributed by atoms with Gasteiger partial charge in [-0.15, -0.1) is 12.1 Å². The minimum atomic E-state index is -0.968. The summed E-state index contributed by atoms with van der Waals surface area (Å²) in [5.74, 6) is -0.570. The van der Waals surface area contributed by atoms with Crippen LogP contribution in [0.25, 0.3) is 0 Å². The Morgan fingerprint density at radius 2 is 1.85 bits per heavy atom. The molecule has 0 aliphatic heterocycles. The Morgan fingerprint density at radius 1 is 1.20 bits per heavy atom. The monoisotopic (exact) mass is 274 g/mol. The van der Waals surface area contributed by atoms with E-state index in [-0.39, 0.29) is 24.6 Å². The van der Waals surface area contributed by atoms with Gasteiger partial charge in [0, 0.05) is 11.6 Å². The average Bonchev–Trinajstić information content (AvgIpc) is 2.42. The van der Waals surface area contributed by atoms with Gasteiger partial charge in [0.25, 0.3) is 0 Å². The van der Waals surface area contributed by atoms with Gasteiger partial charge in [-0.2, -0.15) is 6.07 Å². The van der Waals surface area contributed by atoms with E-state index in [4.69, 9.17) is 4.74 Å². The molecule has 20 heavy (non-hydrogen) atoms. The Kier molecular flexibility index (Phi) is 7.62. The third kappa shape index (κ3) is 4.79. The van der Waals surface area contributed by atoms with Crippen LogP contribution in [-0.2, 0) is 0 Å². The summed E-state index contributed by atoms with van der Waals surface area (Å²) < 4.78 is 31.8. The summed E-state index contributed by atoms with van der Waals surface area (Å²) in [6, 6.07) is 4.96. The van der Waals surface area contributed by atoms with E-state index in [1.807, 2.05) is 0 Å². The zero-order chi connectivity index (χ0) is 13.7. The Balaban J connectivity index is 0.00000200. The maximum atomic E-state index is 13.4. The molecule has 1 aromatic rings. The number of rotatable bonds is 5. The van der Waals surface area contributed by atoms with Crippen molar-refractivity contribution in [2.24, 2.45) is 11.8 Å². The van der Waals surface area contributed by atoms with Crippen LogP contribution in [0.15, 0.2) is 12.1 Å². The Morgan fingerprint density at radius 3 is 2.50 bits per heavy atom. The molecule has 0 saturated heterocycles. The van der Waals surface area contributed by atoms with Crippen LogP contribution in [0.2, 0.25) is 0 Å². The van der Waals surface area contributed by atoms with Crippen molar-refractivity contribution in [2.75, 3.05) is 6.61 Å². The number of hydrogen-bond donors (Lipinski definition) is 0. The maximum Gasteiger partial charge on any atom is 1.00 e. The summed E-state index contributed by atoms with van der Waals surface area (Å²) in [6.45, 7) is 2.71. The molecule has 0 bridgehead atoms. The predicted molar refractivity (Wildman–Crippen MR) is 71.0 cm³/mol. The summed E-state index contributed by atoms with van der Waals surface area (Å²) in [7, 11) is 0. The van der Waals surface area contributed by atoms with Gasteiger partial charge >= 0.3 is 18.9 Å². The summed E-state index contributed by atoms with van der Waals surface area (Å²) in [4.78, 5) is 0. The Hall–Kier alpha value is -0.523. The summed E-state index contributed by atoms with van der Waals surface area (Å²) in [6.07, 6.45) is 7.29. The van der Waals surface area contributed by atoms with Crippen LogP contribution < -0.4 is 23.6 Å². The van der Waals surface area contributed by atoms with Gasteiger partial charge < -0.3 is 4.74 Å². The number of hydrogen-bond acceptors (Lipinski definition) is 1. The topological polar surface area (TPSA) is 9.23 Å². The zero-order valence-electron chi connectivity index (χ0n) is 12.4. The molecule has 0 N–H and O–H groups in total. The van der Waals surface area contributed by atoms with Gasteiger partial charge in [-0.1, -0.05) is 32.6 Å². The Labute approximate surface area is 132 Å². The first-order valence-electron chi connectivity index (χ1n) is 7.19. The molecule has 1 aliphatic carbocycles. The van der Waals surface area contributed by atoms with Crippen LogP contribution in [0.5, 0.6) is 5.75 Å². The molecule has 1 saturated carbocycles. The quantitative estimate of drug-likeness (QED) is 0.587. The first-order valence-corrected chi connectivity index (χ1v) is 7.19. The molecule has 0 aromatic heterocycles. The molecule has 0 atom stereocenters. The molecule has 1 nitrogen and oxygen atoms in total. The van der Waals surface area contributed by atoms with Gasteiger partial charge in [0.15, 0.2) is 0 Å². The van der Waals surface area contributed by atoms with E-state index < -0.39 is 11.6 Å². The van der Waals surface area contributed by atoms with E-state index in [0.29, 0.717) is 12.5 Å². The molecule has 1 aliphatic rings. The maximum absolute atomic E-state index is 13.4. The van der Waals surface area contributed by atoms with Crippen LogP contribution in [0.3, 0.4) is 0 Å². The summed E-state index contributed by atoms with van der Waals surface area (Å²) in [5, 5.41) is 0. The fraction of sp³-hybridized carbons (Fsp3) is 0.625. The molecule has 0 heterocycles. The van der Waals surface area contributed by atoms with Gasteiger partial charge in [-0.25, -0.2) is 4.39 Å². The third-order valence-electron chi connectivity index (χ3n) is 3.99. The molecule has 1 aromatic carbocycles. The second-order valence-corrected chi connectivity index (χ2v) is 5.46. The molecular formula is C16H21F2LiO. The van der Waals surface area contributed by atoms with Crippen molar-refractivity contribution in [3.05, 3.63) is 29.8 Å². The first-order chi connectivity index (χ1) is 9.20. The van der Waals surface area contributed by atoms with Gasteiger partial charge in [-0.3, -0.25) is 4.39 Å². The molecule has 106 valence electrons. The predicted octanol–water partition coefficient (Wildman–Crippen LogP) is 1.75. The standard InChI is InChI=1S/C16H21F2O.Li/c1-2-4-12-7-9-13(10-8-12)11-19-15-6-3-5-14(17)16(15)18;/h3,6,12-13H,2,4,7-11H2,1H3;/q-1;+1. The van der Waals surface area contributed by atoms with E-state index in [0.717, 1.165) is 18.8 Å². The van der Waals surface area contributed by atoms with Gasteiger partial charge in [-0.05, 0) is 24.7 Å². The van der Waals surface area contributed by atoms with Gasteiger partial charge in [0.1, 0.15) is 0 Å². The Bertz CT molecular complexity index is 403. The van der Waals surface area contributed by atoms with Crippen molar-refractivity contribution in [1.82, 2.24) is 0 Å². The summed E-state index contributed by atoms with van der Waals surface area (Å²) in [5.41, 5.74) is 0. The van der Waals surface area contributed by atoms with Crippen molar-refractivity contribution in [2.45, 2.75) is 45.4 Å². The minimum Gasteiger partial charge on any atom is -0.516 e. The van der Waals surface area contributed by atoms with Crippen molar-refractivity contribution in [3.63, 3.8) is 0 Å². The van der Waals surface area contributed by atoms with E-state index >= 15 is 0 Å². The van der Waals surface area contributed by atoms with Crippen LogP contribution >= 0.6 is 0 Å². The average molecular weight is 274 g/mol. The zero-order valence-corrected chi connectivity index (χ0v) is 12.4. The van der Waals surface area contributed by atoms with Gasteiger partial charge in [0.05, 0.1) is 12.4 Å². The SMILES string of the molecule is CCCC1CCC(COc2cc[c-]c(F)c2F)CC1.[Li+]. The largest absolute Gasteiger partial charge is 1.00 e. The fourth-order valence-corrected chi connectivity index (χ4v) is 2.85. The number of halogens is 2. The summed E-state index contributed by atoms with van der Waals surface area (Å²) >= 11 is 0. The second kappa shape index (κ2) is 8.70. The molecular weight excluding hydrogens is 253 g/mol. The molecule has 0 unspecified atom stereocenters. The van der Waals surface area contributed by atoms with E-state index in [1.54, 1.807) is 0 Å². The van der Waals surface area contributed by atoms with Crippen LogP contribution in [0.4, 0.5) is 8.78 Å². The molecule has 0 radical (unpaired) electrons. The van der Waals surface area contributed by atoms with Crippen molar-refractivity contribution >= 4 is 0 Å². The normalized spacial score (nSPS) is 22.1. The number of ether oxygens (including phenoxy) is 1.